The molecule has 0 bridgehead atoms. The number of hydrogen-bond acceptors (Lipinski definition) is 3. The highest BCUT2D eigenvalue weighted by Crippen LogP contribution is 2.18. The van der Waals surface area contributed by atoms with Gasteiger partial charge in [0.25, 0.3) is 0 Å². The quantitative estimate of drug-likeness (QED) is 0.178. The number of benzene rings is 1. The predicted molar refractivity (Wildman–Crippen MR) is 133 cm³/mol. The molecule has 1 aromatic carbocycles. The number of aliphatic imine (C=N–C) groups is 1. The van der Waals surface area contributed by atoms with Gasteiger partial charge in [-0.25, -0.2) is 0 Å². The second kappa shape index (κ2) is 13.0. The van der Waals surface area contributed by atoms with Gasteiger partial charge >= 0.3 is 0 Å². The summed E-state index contributed by atoms with van der Waals surface area (Å²) >= 11 is 0. The van der Waals surface area contributed by atoms with Gasteiger partial charge < -0.3 is 15.5 Å². The van der Waals surface area contributed by atoms with E-state index in [0.717, 1.165) is 45.1 Å². The SMILES string of the molecule is CN=C(NCCCN(C(C)C)C(C)C)NCc1cccc(N2CC=CC2)c1.I. The number of nitrogens with zero attached hydrogens (tertiary/aromatic N) is 3. The van der Waals surface area contributed by atoms with Crippen molar-refractivity contribution in [3.8, 4) is 0 Å². The first-order valence-corrected chi connectivity index (χ1v) is 10.2. The topological polar surface area (TPSA) is 42.9 Å². The fraction of sp³-hybridized carbons (Fsp3) is 0.591. The molecule has 6 heteroatoms. The molecule has 0 aromatic heterocycles. The van der Waals surface area contributed by atoms with Crippen LogP contribution in [-0.2, 0) is 6.54 Å². The van der Waals surface area contributed by atoms with Gasteiger partial charge in [-0.2, -0.15) is 0 Å². The van der Waals surface area contributed by atoms with Crippen LogP contribution in [-0.4, -0.2) is 56.2 Å². The fourth-order valence-corrected chi connectivity index (χ4v) is 3.54. The standard InChI is InChI=1S/C22H37N5.HI/c1-18(2)27(19(3)4)15-9-12-24-22(23-5)25-17-20-10-8-11-21(16-20)26-13-6-7-14-26;/h6-8,10-11,16,18-19H,9,12-15,17H2,1-5H3,(H2,23,24,25);1H. The molecular weight excluding hydrogens is 461 g/mol. The summed E-state index contributed by atoms with van der Waals surface area (Å²) in [5.41, 5.74) is 2.55. The summed E-state index contributed by atoms with van der Waals surface area (Å²) < 4.78 is 0. The molecule has 2 rings (SSSR count). The minimum atomic E-state index is 0. The third-order valence-corrected chi connectivity index (χ3v) is 4.99. The number of nitrogens with one attached hydrogen (secondary N) is 2. The van der Waals surface area contributed by atoms with Gasteiger partial charge in [0.05, 0.1) is 0 Å². The molecule has 1 aromatic rings. The van der Waals surface area contributed by atoms with Gasteiger partial charge in [-0.15, -0.1) is 24.0 Å². The van der Waals surface area contributed by atoms with E-state index in [9.17, 15) is 0 Å². The van der Waals surface area contributed by atoms with E-state index in [4.69, 9.17) is 0 Å². The summed E-state index contributed by atoms with van der Waals surface area (Å²) in [5, 5.41) is 6.86. The second-order valence-corrected chi connectivity index (χ2v) is 7.68. The summed E-state index contributed by atoms with van der Waals surface area (Å²) in [6.07, 6.45) is 5.54. The maximum absolute atomic E-state index is 4.35. The van der Waals surface area contributed by atoms with Crippen molar-refractivity contribution >= 4 is 35.6 Å². The van der Waals surface area contributed by atoms with E-state index in [1.807, 2.05) is 7.05 Å². The molecule has 1 aliphatic heterocycles. The van der Waals surface area contributed by atoms with Crippen molar-refractivity contribution in [2.75, 3.05) is 38.1 Å². The Bertz CT molecular complexity index is 611. The normalized spacial score (nSPS) is 14.1. The Kier molecular flexibility index (Phi) is 11.5. The van der Waals surface area contributed by atoms with Gasteiger partial charge in [0.2, 0.25) is 0 Å². The lowest BCUT2D eigenvalue weighted by Gasteiger charge is -2.30. The smallest absolute Gasteiger partial charge is 0.191 e. The lowest BCUT2D eigenvalue weighted by molar-refractivity contribution is 0.173. The summed E-state index contributed by atoms with van der Waals surface area (Å²) in [5.74, 6) is 0.865. The summed E-state index contributed by atoms with van der Waals surface area (Å²) in [4.78, 5) is 9.24. The monoisotopic (exact) mass is 499 g/mol. The first-order chi connectivity index (χ1) is 13.0. The zero-order chi connectivity index (χ0) is 19.6. The molecule has 2 N–H and O–H groups in total. The number of hydrogen-bond donors (Lipinski definition) is 2. The van der Waals surface area contributed by atoms with Crippen LogP contribution < -0.4 is 15.5 Å². The van der Waals surface area contributed by atoms with Crippen LogP contribution in [0.15, 0.2) is 41.4 Å². The molecule has 0 unspecified atom stereocenters. The van der Waals surface area contributed by atoms with Gasteiger partial charge in [0.15, 0.2) is 5.96 Å². The molecule has 0 spiro atoms. The van der Waals surface area contributed by atoms with Crippen molar-refractivity contribution in [2.24, 2.45) is 4.99 Å². The highest BCUT2D eigenvalue weighted by Gasteiger charge is 2.12. The third-order valence-electron chi connectivity index (χ3n) is 4.99. The van der Waals surface area contributed by atoms with Gasteiger partial charge in [-0.1, -0.05) is 24.3 Å². The summed E-state index contributed by atoms with van der Waals surface area (Å²) in [6.45, 7) is 13.9. The average molecular weight is 499 g/mol. The van der Waals surface area contributed by atoms with Crippen LogP contribution in [0.2, 0.25) is 0 Å². The van der Waals surface area contributed by atoms with Crippen LogP contribution in [0.4, 0.5) is 5.69 Å². The average Bonchev–Trinajstić information content (AvgIpc) is 3.18. The minimum absolute atomic E-state index is 0. The zero-order valence-electron chi connectivity index (χ0n) is 18.1. The van der Waals surface area contributed by atoms with Crippen LogP contribution >= 0.6 is 24.0 Å². The van der Waals surface area contributed by atoms with Crippen molar-refractivity contribution in [2.45, 2.75) is 52.7 Å². The maximum Gasteiger partial charge on any atom is 0.191 e. The summed E-state index contributed by atoms with van der Waals surface area (Å²) in [7, 11) is 1.83. The first-order valence-electron chi connectivity index (χ1n) is 10.2. The molecule has 1 heterocycles. The van der Waals surface area contributed by atoms with Gasteiger partial charge in [0.1, 0.15) is 0 Å². The van der Waals surface area contributed by atoms with E-state index in [1.54, 1.807) is 0 Å². The van der Waals surface area contributed by atoms with E-state index in [-0.39, 0.29) is 24.0 Å². The molecule has 0 aliphatic carbocycles. The number of anilines is 1. The Hall–Kier alpha value is -1.28. The zero-order valence-corrected chi connectivity index (χ0v) is 20.4. The van der Waals surface area contributed by atoms with Gasteiger partial charge in [-0.3, -0.25) is 9.89 Å². The largest absolute Gasteiger partial charge is 0.364 e. The van der Waals surface area contributed by atoms with Crippen molar-refractivity contribution in [3.63, 3.8) is 0 Å². The third kappa shape index (κ3) is 7.99. The molecule has 0 saturated heterocycles. The molecule has 0 fully saturated rings. The Labute approximate surface area is 188 Å². The number of halogens is 1. The van der Waals surface area contributed by atoms with Crippen LogP contribution in [0.5, 0.6) is 0 Å². The van der Waals surface area contributed by atoms with E-state index in [1.165, 1.54) is 11.3 Å². The molecule has 28 heavy (non-hydrogen) atoms. The molecule has 158 valence electrons. The molecule has 5 nitrogen and oxygen atoms in total. The van der Waals surface area contributed by atoms with Crippen LogP contribution in [0.25, 0.3) is 0 Å². The molecule has 0 radical (unpaired) electrons. The summed E-state index contributed by atoms with van der Waals surface area (Å²) in [6, 6.07) is 9.90. The van der Waals surface area contributed by atoms with Crippen molar-refractivity contribution < 1.29 is 0 Å². The maximum atomic E-state index is 4.35. The van der Waals surface area contributed by atoms with E-state index >= 15 is 0 Å². The second-order valence-electron chi connectivity index (χ2n) is 7.68. The van der Waals surface area contributed by atoms with Crippen molar-refractivity contribution in [1.82, 2.24) is 15.5 Å². The van der Waals surface area contributed by atoms with Crippen LogP contribution in [0.1, 0.15) is 39.7 Å². The molecule has 1 aliphatic rings. The van der Waals surface area contributed by atoms with E-state index in [2.05, 4.69) is 89.5 Å². The Morgan fingerprint density at radius 2 is 1.79 bits per heavy atom. The highest BCUT2D eigenvalue weighted by molar-refractivity contribution is 14.0. The highest BCUT2D eigenvalue weighted by atomic mass is 127. The Morgan fingerprint density at radius 3 is 2.39 bits per heavy atom. The lowest BCUT2D eigenvalue weighted by Crippen LogP contribution is -2.41. The van der Waals surface area contributed by atoms with Gasteiger partial charge in [0, 0.05) is 57.5 Å². The Balaban J connectivity index is 0.00000392. The minimum Gasteiger partial charge on any atom is -0.364 e. The van der Waals surface area contributed by atoms with E-state index in [0.29, 0.717) is 12.1 Å². The molecular formula is C22H38IN5. The lowest BCUT2D eigenvalue weighted by atomic mass is 10.2. The molecule has 0 atom stereocenters. The molecule has 0 amide bonds. The van der Waals surface area contributed by atoms with E-state index < -0.39 is 0 Å². The fourth-order valence-electron chi connectivity index (χ4n) is 3.54. The number of rotatable bonds is 9. The van der Waals surface area contributed by atoms with Crippen LogP contribution in [0.3, 0.4) is 0 Å². The predicted octanol–water partition coefficient (Wildman–Crippen LogP) is 3.85. The molecule has 0 saturated carbocycles. The first kappa shape index (κ1) is 24.8. The van der Waals surface area contributed by atoms with Crippen molar-refractivity contribution in [3.05, 3.63) is 42.0 Å². The van der Waals surface area contributed by atoms with Crippen molar-refractivity contribution in [1.29, 1.82) is 0 Å². The van der Waals surface area contributed by atoms with Crippen LogP contribution in [0, 0.1) is 0 Å². The van der Waals surface area contributed by atoms with Gasteiger partial charge in [-0.05, 0) is 51.8 Å². The number of guanidine groups is 1. The Morgan fingerprint density at radius 1 is 1.11 bits per heavy atom.